The molecule has 4 rings (SSSR count). The molecule has 0 radical (unpaired) electrons. The molecule has 156 valence electrons. The molecule has 0 saturated carbocycles. The zero-order valence-electron chi connectivity index (χ0n) is 17.4. The van der Waals surface area contributed by atoms with E-state index in [0.29, 0.717) is 6.54 Å². The molecule has 2 aromatic carbocycles. The van der Waals surface area contributed by atoms with Crippen LogP contribution in [0.2, 0.25) is 0 Å². The number of nitrogens with one attached hydrogen (secondary N) is 2. The number of fused-ring (bicyclic) bond motifs is 1. The maximum Gasteiger partial charge on any atom is 0.124 e. The predicted molar refractivity (Wildman–Crippen MR) is 122 cm³/mol. The van der Waals surface area contributed by atoms with Gasteiger partial charge in [-0.2, -0.15) is 16.9 Å². The first-order valence-electron chi connectivity index (χ1n) is 10.0. The summed E-state index contributed by atoms with van der Waals surface area (Å²) in [6.45, 7) is 4.76. The van der Waals surface area contributed by atoms with E-state index in [0.717, 1.165) is 51.7 Å². The van der Waals surface area contributed by atoms with E-state index < -0.39 is 0 Å². The van der Waals surface area contributed by atoms with Crippen LogP contribution in [-0.4, -0.2) is 31.8 Å². The highest BCUT2D eigenvalue weighted by molar-refractivity contribution is 7.98. The molecule has 0 bridgehead atoms. The van der Waals surface area contributed by atoms with Crippen LogP contribution in [0.15, 0.2) is 48.5 Å². The Morgan fingerprint density at radius 2 is 1.90 bits per heavy atom. The highest BCUT2D eigenvalue weighted by Gasteiger charge is 2.18. The Morgan fingerprint density at radius 1 is 1.13 bits per heavy atom. The van der Waals surface area contributed by atoms with Crippen LogP contribution < -0.4 is 5.32 Å². The third kappa shape index (κ3) is 4.27. The van der Waals surface area contributed by atoms with Crippen LogP contribution in [0.1, 0.15) is 35.2 Å². The molecule has 0 saturated heterocycles. The lowest BCUT2D eigenvalue weighted by atomic mass is 10.1. The average molecular weight is 424 g/mol. The Hall–Kier alpha value is -2.64. The highest BCUT2D eigenvalue weighted by atomic mass is 32.2. The van der Waals surface area contributed by atoms with Crippen molar-refractivity contribution in [1.82, 2.24) is 25.1 Å². The van der Waals surface area contributed by atoms with Gasteiger partial charge in [-0.05, 0) is 68.7 Å². The SMILES string of the molecule is CSCC[C@H](NCc1c(C)nn(-c2ccc(F)cc2)c1C)c1nc2ccccc2[nH]1. The number of hydrogen-bond donors (Lipinski definition) is 2. The zero-order chi connectivity index (χ0) is 21.1. The molecule has 7 heteroatoms. The lowest BCUT2D eigenvalue weighted by Crippen LogP contribution is -2.23. The zero-order valence-corrected chi connectivity index (χ0v) is 18.3. The fourth-order valence-corrected chi connectivity index (χ4v) is 4.17. The van der Waals surface area contributed by atoms with E-state index >= 15 is 0 Å². The van der Waals surface area contributed by atoms with Crippen LogP contribution in [0.25, 0.3) is 16.7 Å². The molecular formula is C23H26FN5S. The van der Waals surface area contributed by atoms with Crippen molar-refractivity contribution in [2.24, 2.45) is 0 Å². The van der Waals surface area contributed by atoms with Crippen LogP contribution in [0, 0.1) is 19.7 Å². The highest BCUT2D eigenvalue weighted by Crippen LogP contribution is 2.23. The predicted octanol–water partition coefficient (Wildman–Crippen LogP) is 5.09. The Labute approximate surface area is 180 Å². The summed E-state index contributed by atoms with van der Waals surface area (Å²) < 4.78 is 15.2. The van der Waals surface area contributed by atoms with E-state index in [4.69, 9.17) is 4.98 Å². The first-order chi connectivity index (χ1) is 14.6. The van der Waals surface area contributed by atoms with Crippen molar-refractivity contribution in [2.45, 2.75) is 32.9 Å². The summed E-state index contributed by atoms with van der Waals surface area (Å²) in [5.74, 6) is 1.76. The Kier molecular flexibility index (Phi) is 6.20. The first-order valence-corrected chi connectivity index (χ1v) is 11.4. The van der Waals surface area contributed by atoms with Crippen molar-refractivity contribution in [3.63, 3.8) is 0 Å². The maximum absolute atomic E-state index is 13.3. The van der Waals surface area contributed by atoms with Gasteiger partial charge in [-0.1, -0.05) is 12.1 Å². The largest absolute Gasteiger partial charge is 0.341 e. The second kappa shape index (κ2) is 9.02. The van der Waals surface area contributed by atoms with Gasteiger partial charge in [-0.25, -0.2) is 14.1 Å². The molecule has 2 N–H and O–H groups in total. The Morgan fingerprint density at radius 3 is 2.63 bits per heavy atom. The topological polar surface area (TPSA) is 58.5 Å². The van der Waals surface area contributed by atoms with Gasteiger partial charge in [0.25, 0.3) is 0 Å². The number of nitrogens with zero attached hydrogens (tertiary/aromatic N) is 3. The fraction of sp³-hybridized carbons (Fsp3) is 0.304. The van der Waals surface area contributed by atoms with Crippen LogP contribution in [0.5, 0.6) is 0 Å². The summed E-state index contributed by atoms with van der Waals surface area (Å²) in [7, 11) is 0. The van der Waals surface area contributed by atoms with Crippen molar-refractivity contribution < 1.29 is 4.39 Å². The van der Waals surface area contributed by atoms with Gasteiger partial charge in [0.15, 0.2) is 0 Å². The number of aryl methyl sites for hydroxylation is 1. The van der Waals surface area contributed by atoms with E-state index in [-0.39, 0.29) is 11.9 Å². The lowest BCUT2D eigenvalue weighted by molar-refractivity contribution is 0.500. The first kappa shape index (κ1) is 20.6. The van der Waals surface area contributed by atoms with E-state index in [1.165, 1.54) is 12.1 Å². The number of para-hydroxylation sites is 2. The minimum absolute atomic E-state index is 0.123. The number of imidazole rings is 1. The normalized spacial score (nSPS) is 12.5. The Balaban J connectivity index is 1.57. The monoisotopic (exact) mass is 423 g/mol. The summed E-state index contributed by atoms with van der Waals surface area (Å²) in [6.07, 6.45) is 3.10. The molecule has 0 spiro atoms. The molecule has 4 aromatic rings. The van der Waals surface area contributed by atoms with E-state index in [2.05, 4.69) is 34.6 Å². The smallest absolute Gasteiger partial charge is 0.124 e. The van der Waals surface area contributed by atoms with Crippen molar-refractivity contribution in [3.05, 3.63) is 77.1 Å². The molecule has 5 nitrogen and oxygen atoms in total. The molecule has 0 fully saturated rings. The van der Waals surface area contributed by atoms with Gasteiger partial charge in [-0.15, -0.1) is 0 Å². The third-order valence-corrected chi connectivity index (χ3v) is 6.03. The van der Waals surface area contributed by atoms with Gasteiger partial charge in [0.2, 0.25) is 0 Å². The Bertz CT molecular complexity index is 1100. The van der Waals surface area contributed by atoms with Gasteiger partial charge in [0, 0.05) is 17.8 Å². The summed E-state index contributed by atoms with van der Waals surface area (Å²) in [5, 5.41) is 8.37. The van der Waals surface area contributed by atoms with Crippen molar-refractivity contribution in [3.8, 4) is 5.69 Å². The molecule has 0 unspecified atom stereocenters. The van der Waals surface area contributed by atoms with Gasteiger partial charge >= 0.3 is 0 Å². The molecule has 0 aliphatic carbocycles. The summed E-state index contributed by atoms with van der Waals surface area (Å²) >= 11 is 1.83. The standard InChI is InChI=1S/C23H26FN5S/c1-15-19(16(2)29(28-15)18-10-8-17(24)9-11-18)14-25-22(12-13-30-3)23-26-20-6-4-5-7-21(20)27-23/h4-11,22,25H,12-14H2,1-3H3,(H,26,27)/t22-/m0/s1. The number of hydrogen-bond acceptors (Lipinski definition) is 4. The molecular weight excluding hydrogens is 397 g/mol. The lowest BCUT2D eigenvalue weighted by Gasteiger charge is -2.16. The molecule has 1 atom stereocenters. The number of benzene rings is 2. The van der Waals surface area contributed by atoms with E-state index in [1.54, 1.807) is 12.1 Å². The molecule has 0 amide bonds. The van der Waals surface area contributed by atoms with Crippen LogP contribution in [0.4, 0.5) is 4.39 Å². The van der Waals surface area contributed by atoms with Gasteiger partial charge in [0.1, 0.15) is 11.6 Å². The van der Waals surface area contributed by atoms with Crippen molar-refractivity contribution in [2.75, 3.05) is 12.0 Å². The van der Waals surface area contributed by atoms with Gasteiger partial charge in [-0.3, -0.25) is 0 Å². The molecule has 2 heterocycles. The fourth-order valence-electron chi connectivity index (χ4n) is 3.70. The molecule has 0 aliphatic rings. The quantitative estimate of drug-likeness (QED) is 0.415. The van der Waals surface area contributed by atoms with E-state index in [1.807, 2.05) is 41.6 Å². The number of thioether (sulfide) groups is 1. The number of halogens is 1. The second-order valence-electron chi connectivity index (χ2n) is 7.39. The van der Waals surface area contributed by atoms with Gasteiger partial charge < -0.3 is 10.3 Å². The number of rotatable bonds is 8. The summed E-state index contributed by atoms with van der Waals surface area (Å²) in [4.78, 5) is 8.27. The van der Waals surface area contributed by atoms with Gasteiger partial charge in [0.05, 0.1) is 28.5 Å². The summed E-state index contributed by atoms with van der Waals surface area (Å²) in [5.41, 5.74) is 6.08. The number of H-pyrrole nitrogens is 1. The third-order valence-electron chi connectivity index (χ3n) is 5.39. The summed E-state index contributed by atoms with van der Waals surface area (Å²) in [6, 6.07) is 14.7. The van der Waals surface area contributed by atoms with Crippen LogP contribution in [0.3, 0.4) is 0 Å². The van der Waals surface area contributed by atoms with Crippen LogP contribution >= 0.6 is 11.8 Å². The molecule has 2 aromatic heterocycles. The second-order valence-corrected chi connectivity index (χ2v) is 8.38. The van der Waals surface area contributed by atoms with Crippen LogP contribution in [-0.2, 0) is 6.54 Å². The number of aromatic nitrogens is 4. The van der Waals surface area contributed by atoms with Crippen molar-refractivity contribution >= 4 is 22.8 Å². The maximum atomic E-state index is 13.3. The minimum Gasteiger partial charge on any atom is -0.341 e. The molecule has 30 heavy (non-hydrogen) atoms. The average Bonchev–Trinajstić information content (AvgIpc) is 3.30. The van der Waals surface area contributed by atoms with Crippen molar-refractivity contribution in [1.29, 1.82) is 0 Å². The number of aromatic amines is 1. The minimum atomic E-state index is -0.246. The molecule has 0 aliphatic heterocycles. The van der Waals surface area contributed by atoms with E-state index in [9.17, 15) is 4.39 Å².